The SMILES string of the molecule is c1ccc(Cc2nnc(NCCn3ccnn3)s2)cc1. The minimum Gasteiger partial charge on any atom is -0.358 e. The van der Waals surface area contributed by atoms with Gasteiger partial charge in [-0.1, -0.05) is 46.9 Å². The number of nitrogens with zero attached hydrogens (tertiary/aromatic N) is 5. The van der Waals surface area contributed by atoms with Crippen molar-refractivity contribution in [3.05, 3.63) is 53.3 Å². The summed E-state index contributed by atoms with van der Waals surface area (Å²) >= 11 is 1.59. The number of hydrogen-bond donors (Lipinski definition) is 1. The molecule has 0 atom stereocenters. The van der Waals surface area contributed by atoms with Crippen LogP contribution in [0.3, 0.4) is 0 Å². The van der Waals surface area contributed by atoms with Crippen molar-refractivity contribution in [1.29, 1.82) is 0 Å². The molecule has 0 saturated carbocycles. The first-order valence-corrected chi connectivity index (χ1v) is 7.16. The number of anilines is 1. The van der Waals surface area contributed by atoms with Gasteiger partial charge in [0, 0.05) is 19.2 Å². The predicted molar refractivity (Wildman–Crippen MR) is 77.7 cm³/mol. The van der Waals surface area contributed by atoms with Gasteiger partial charge in [0.1, 0.15) is 5.01 Å². The van der Waals surface area contributed by atoms with Crippen LogP contribution in [0.4, 0.5) is 5.13 Å². The Kier molecular flexibility index (Phi) is 3.98. The van der Waals surface area contributed by atoms with Crippen molar-refractivity contribution in [2.45, 2.75) is 13.0 Å². The van der Waals surface area contributed by atoms with Gasteiger partial charge in [-0.15, -0.1) is 15.3 Å². The molecule has 0 bridgehead atoms. The number of aromatic nitrogens is 5. The molecular formula is C13H14N6S. The van der Waals surface area contributed by atoms with Crippen LogP contribution in [0, 0.1) is 0 Å². The molecule has 1 N–H and O–H groups in total. The van der Waals surface area contributed by atoms with Crippen molar-refractivity contribution in [2.75, 3.05) is 11.9 Å². The van der Waals surface area contributed by atoms with Crippen molar-refractivity contribution in [3.63, 3.8) is 0 Å². The molecule has 2 heterocycles. The molecule has 7 heteroatoms. The first-order valence-electron chi connectivity index (χ1n) is 6.34. The van der Waals surface area contributed by atoms with Crippen LogP contribution in [0.25, 0.3) is 0 Å². The lowest BCUT2D eigenvalue weighted by Gasteiger charge is -2.00. The summed E-state index contributed by atoms with van der Waals surface area (Å²) in [4.78, 5) is 0. The van der Waals surface area contributed by atoms with Crippen molar-refractivity contribution < 1.29 is 0 Å². The third-order valence-corrected chi connectivity index (χ3v) is 3.64. The van der Waals surface area contributed by atoms with Crippen LogP contribution in [-0.4, -0.2) is 31.7 Å². The topological polar surface area (TPSA) is 68.5 Å². The lowest BCUT2D eigenvalue weighted by Crippen LogP contribution is -2.10. The number of nitrogens with one attached hydrogen (secondary N) is 1. The summed E-state index contributed by atoms with van der Waals surface area (Å²) in [7, 11) is 0. The summed E-state index contributed by atoms with van der Waals surface area (Å²) in [5.41, 5.74) is 1.25. The fourth-order valence-corrected chi connectivity index (χ4v) is 2.60. The molecule has 0 aliphatic heterocycles. The second kappa shape index (κ2) is 6.25. The Balaban J connectivity index is 1.52. The fourth-order valence-electron chi connectivity index (χ4n) is 1.80. The molecule has 0 fully saturated rings. The van der Waals surface area contributed by atoms with Gasteiger partial charge in [-0.25, -0.2) is 0 Å². The van der Waals surface area contributed by atoms with E-state index in [0.717, 1.165) is 29.6 Å². The molecule has 6 nitrogen and oxygen atoms in total. The molecule has 0 radical (unpaired) electrons. The molecule has 102 valence electrons. The zero-order chi connectivity index (χ0) is 13.6. The van der Waals surface area contributed by atoms with E-state index < -0.39 is 0 Å². The van der Waals surface area contributed by atoms with Gasteiger partial charge in [0.25, 0.3) is 0 Å². The second-order valence-corrected chi connectivity index (χ2v) is 5.32. The Morgan fingerprint density at radius 2 is 2.05 bits per heavy atom. The van der Waals surface area contributed by atoms with Gasteiger partial charge >= 0.3 is 0 Å². The Bertz CT molecular complexity index is 634. The van der Waals surface area contributed by atoms with Crippen molar-refractivity contribution in [2.24, 2.45) is 0 Å². The fraction of sp³-hybridized carbons (Fsp3) is 0.231. The number of rotatable bonds is 6. The highest BCUT2D eigenvalue weighted by molar-refractivity contribution is 7.15. The summed E-state index contributed by atoms with van der Waals surface area (Å²) in [5, 5.41) is 21.1. The molecule has 0 unspecified atom stereocenters. The van der Waals surface area contributed by atoms with Crippen LogP contribution in [0.15, 0.2) is 42.7 Å². The summed E-state index contributed by atoms with van der Waals surface area (Å²) in [6.07, 6.45) is 4.33. The number of hydrogen-bond acceptors (Lipinski definition) is 6. The second-order valence-electron chi connectivity index (χ2n) is 4.26. The van der Waals surface area contributed by atoms with Crippen LogP contribution in [0.1, 0.15) is 10.6 Å². The van der Waals surface area contributed by atoms with Crippen LogP contribution in [-0.2, 0) is 13.0 Å². The molecule has 0 amide bonds. The van der Waals surface area contributed by atoms with Gasteiger partial charge in [-0.2, -0.15) is 0 Å². The van der Waals surface area contributed by atoms with E-state index in [1.807, 2.05) is 24.4 Å². The molecular weight excluding hydrogens is 272 g/mol. The van der Waals surface area contributed by atoms with Crippen molar-refractivity contribution >= 4 is 16.5 Å². The number of benzene rings is 1. The van der Waals surface area contributed by atoms with E-state index in [1.165, 1.54) is 5.56 Å². The summed E-state index contributed by atoms with van der Waals surface area (Å²) in [6, 6.07) is 10.3. The zero-order valence-electron chi connectivity index (χ0n) is 10.8. The first kappa shape index (κ1) is 12.7. The maximum atomic E-state index is 4.20. The zero-order valence-corrected chi connectivity index (χ0v) is 11.6. The van der Waals surface area contributed by atoms with Gasteiger partial charge in [0.2, 0.25) is 5.13 Å². The Hall–Kier alpha value is -2.28. The maximum absolute atomic E-state index is 4.20. The highest BCUT2D eigenvalue weighted by Crippen LogP contribution is 2.18. The van der Waals surface area contributed by atoms with Gasteiger partial charge in [-0.05, 0) is 5.56 Å². The van der Waals surface area contributed by atoms with Gasteiger partial charge in [-0.3, -0.25) is 4.68 Å². The van der Waals surface area contributed by atoms with E-state index in [9.17, 15) is 0 Å². The average molecular weight is 286 g/mol. The van der Waals surface area contributed by atoms with E-state index in [4.69, 9.17) is 0 Å². The highest BCUT2D eigenvalue weighted by atomic mass is 32.1. The van der Waals surface area contributed by atoms with E-state index in [2.05, 4.69) is 38.0 Å². The third kappa shape index (κ3) is 3.39. The van der Waals surface area contributed by atoms with Crippen molar-refractivity contribution in [1.82, 2.24) is 25.2 Å². The van der Waals surface area contributed by atoms with E-state index >= 15 is 0 Å². The molecule has 2 aromatic heterocycles. The van der Waals surface area contributed by atoms with Crippen LogP contribution in [0.2, 0.25) is 0 Å². The predicted octanol–water partition coefficient (Wildman–Crippen LogP) is 1.83. The average Bonchev–Trinajstić information content (AvgIpc) is 3.12. The minimum atomic E-state index is 0.753. The Morgan fingerprint density at radius 3 is 2.85 bits per heavy atom. The van der Waals surface area contributed by atoms with Gasteiger partial charge < -0.3 is 5.32 Å². The third-order valence-electron chi connectivity index (χ3n) is 2.75. The lowest BCUT2D eigenvalue weighted by molar-refractivity contribution is 0.608. The maximum Gasteiger partial charge on any atom is 0.205 e. The van der Waals surface area contributed by atoms with Crippen LogP contribution < -0.4 is 5.32 Å². The van der Waals surface area contributed by atoms with Crippen LogP contribution >= 0.6 is 11.3 Å². The normalized spacial score (nSPS) is 10.6. The van der Waals surface area contributed by atoms with E-state index in [0.29, 0.717) is 0 Å². The smallest absolute Gasteiger partial charge is 0.205 e. The Morgan fingerprint density at radius 1 is 1.15 bits per heavy atom. The molecule has 0 spiro atoms. The highest BCUT2D eigenvalue weighted by Gasteiger charge is 2.04. The molecule has 0 aliphatic carbocycles. The molecule has 3 aromatic rings. The largest absolute Gasteiger partial charge is 0.358 e. The van der Waals surface area contributed by atoms with E-state index in [-0.39, 0.29) is 0 Å². The minimum absolute atomic E-state index is 0.753. The van der Waals surface area contributed by atoms with E-state index in [1.54, 1.807) is 22.2 Å². The summed E-state index contributed by atoms with van der Waals surface area (Å²) < 4.78 is 1.78. The Labute approximate surface area is 120 Å². The first-order chi connectivity index (χ1) is 9.90. The van der Waals surface area contributed by atoms with Gasteiger partial charge in [0.05, 0.1) is 12.7 Å². The monoisotopic (exact) mass is 286 g/mol. The van der Waals surface area contributed by atoms with Crippen molar-refractivity contribution in [3.8, 4) is 0 Å². The molecule has 20 heavy (non-hydrogen) atoms. The quantitative estimate of drug-likeness (QED) is 0.748. The lowest BCUT2D eigenvalue weighted by atomic mass is 10.2. The van der Waals surface area contributed by atoms with Gasteiger partial charge in [0.15, 0.2) is 0 Å². The van der Waals surface area contributed by atoms with Crippen LogP contribution in [0.5, 0.6) is 0 Å². The molecule has 0 aliphatic rings. The molecule has 1 aromatic carbocycles. The standard InChI is InChI=1S/C13H14N6S/c1-2-4-11(5-3-1)10-12-16-17-13(20-12)14-6-8-19-9-7-15-18-19/h1-5,7,9H,6,8,10H2,(H,14,17). The summed E-state index contributed by atoms with van der Waals surface area (Å²) in [5.74, 6) is 0. The summed E-state index contributed by atoms with van der Waals surface area (Å²) in [6.45, 7) is 1.51. The molecule has 0 saturated heterocycles. The molecule has 3 rings (SSSR count).